The second-order valence-corrected chi connectivity index (χ2v) is 5.16. The third kappa shape index (κ3) is 3.63. The zero-order valence-electron chi connectivity index (χ0n) is 12.9. The Morgan fingerprint density at radius 1 is 1.26 bits per heavy atom. The van der Waals surface area contributed by atoms with Crippen LogP contribution in [0.15, 0.2) is 48.9 Å². The molecule has 1 amide bonds. The summed E-state index contributed by atoms with van der Waals surface area (Å²) in [5.41, 5.74) is 0.971. The predicted octanol–water partition coefficient (Wildman–Crippen LogP) is 2.19. The molecule has 1 aromatic carbocycles. The molecule has 0 aliphatic carbocycles. The summed E-state index contributed by atoms with van der Waals surface area (Å²) in [6.07, 6.45) is 6.17. The summed E-state index contributed by atoms with van der Waals surface area (Å²) in [7, 11) is 0. The van der Waals surface area contributed by atoms with Crippen LogP contribution in [0.25, 0.3) is 11.4 Å². The number of aryl methyl sites for hydroxylation is 1. The minimum Gasteiger partial charge on any atom is -0.322 e. The molecule has 0 aliphatic rings. The molecule has 0 spiro atoms. The maximum atomic E-state index is 12.2. The summed E-state index contributed by atoms with van der Waals surface area (Å²) >= 11 is 0. The SMILES string of the molecule is CCCn1cc(NC(=O)Cn2ccnc2-c2ccccc2)nn1. The molecule has 3 aromatic rings. The lowest BCUT2D eigenvalue weighted by Crippen LogP contribution is -2.19. The van der Waals surface area contributed by atoms with E-state index in [4.69, 9.17) is 0 Å². The van der Waals surface area contributed by atoms with Gasteiger partial charge in [-0.25, -0.2) is 4.98 Å². The summed E-state index contributed by atoms with van der Waals surface area (Å²) in [5.74, 6) is 1.06. The van der Waals surface area contributed by atoms with Crippen molar-refractivity contribution in [3.05, 3.63) is 48.9 Å². The Bertz CT molecular complexity index is 777. The van der Waals surface area contributed by atoms with Crippen LogP contribution in [0.2, 0.25) is 0 Å². The number of carbonyl (C=O) groups is 1. The van der Waals surface area contributed by atoms with Crippen LogP contribution in [0.4, 0.5) is 5.82 Å². The second-order valence-electron chi connectivity index (χ2n) is 5.16. The van der Waals surface area contributed by atoms with Crippen molar-refractivity contribution in [3.8, 4) is 11.4 Å². The summed E-state index contributed by atoms with van der Waals surface area (Å²) in [5, 5.41) is 10.7. The van der Waals surface area contributed by atoms with Gasteiger partial charge in [0.15, 0.2) is 5.82 Å². The lowest BCUT2D eigenvalue weighted by Gasteiger charge is -2.07. The van der Waals surface area contributed by atoms with Gasteiger partial charge in [0.25, 0.3) is 0 Å². The van der Waals surface area contributed by atoms with Gasteiger partial charge in [0.2, 0.25) is 5.91 Å². The Hall–Kier alpha value is -2.96. The molecule has 118 valence electrons. The highest BCUT2D eigenvalue weighted by atomic mass is 16.2. The number of hydrogen-bond acceptors (Lipinski definition) is 4. The number of hydrogen-bond donors (Lipinski definition) is 1. The van der Waals surface area contributed by atoms with E-state index >= 15 is 0 Å². The number of rotatable bonds is 6. The van der Waals surface area contributed by atoms with Crippen LogP contribution in [0.3, 0.4) is 0 Å². The normalized spacial score (nSPS) is 10.7. The third-order valence-corrected chi connectivity index (χ3v) is 3.32. The van der Waals surface area contributed by atoms with E-state index in [-0.39, 0.29) is 12.5 Å². The molecule has 1 N–H and O–H groups in total. The molecule has 23 heavy (non-hydrogen) atoms. The zero-order valence-corrected chi connectivity index (χ0v) is 12.9. The number of aromatic nitrogens is 5. The summed E-state index contributed by atoms with van der Waals surface area (Å²) < 4.78 is 3.52. The topological polar surface area (TPSA) is 77.6 Å². The molecule has 2 aromatic heterocycles. The molecule has 7 heteroatoms. The number of nitrogens with one attached hydrogen (secondary N) is 1. The van der Waals surface area contributed by atoms with E-state index in [1.165, 1.54) is 0 Å². The van der Waals surface area contributed by atoms with E-state index in [9.17, 15) is 4.79 Å². The molecule has 7 nitrogen and oxygen atoms in total. The number of imidazole rings is 1. The Morgan fingerprint density at radius 3 is 2.87 bits per heavy atom. The smallest absolute Gasteiger partial charge is 0.245 e. The van der Waals surface area contributed by atoms with Crippen molar-refractivity contribution in [1.29, 1.82) is 0 Å². The second kappa shape index (κ2) is 6.87. The summed E-state index contributed by atoms with van der Waals surface area (Å²) in [6, 6.07) is 9.77. The van der Waals surface area contributed by atoms with Crippen LogP contribution in [0.1, 0.15) is 13.3 Å². The van der Waals surface area contributed by atoms with Crippen LogP contribution < -0.4 is 5.32 Å². The first kappa shape index (κ1) is 15.0. The highest BCUT2D eigenvalue weighted by Gasteiger charge is 2.11. The van der Waals surface area contributed by atoms with E-state index in [0.29, 0.717) is 5.82 Å². The van der Waals surface area contributed by atoms with Gasteiger partial charge in [0.05, 0.1) is 6.20 Å². The highest BCUT2D eigenvalue weighted by Crippen LogP contribution is 2.16. The molecule has 0 saturated carbocycles. The third-order valence-electron chi connectivity index (χ3n) is 3.32. The minimum atomic E-state index is -0.163. The number of carbonyl (C=O) groups excluding carboxylic acids is 1. The van der Waals surface area contributed by atoms with Gasteiger partial charge in [-0.3, -0.25) is 9.48 Å². The highest BCUT2D eigenvalue weighted by molar-refractivity contribution is 5.89. The van der Waals surface area contributed by atoms with Crippen LogP contribution in [0, 0.1) is 0 Å². The maximum absolute atomic E-state index is 12.2. The number of benzene rings is 1. The number of anilines is 1. The maximum Gasteiger partial charge on any atom is 0.245 e. The molecule has 2 heterocycles. The summed E-state index contributed by atoms with van der Waals surface area (Å²) in [4.78, 5) is 16.5. The largest absolute Gasteiger partial charge is 0.322 e. The minimum absolute atomic E-state index is 0.163. The Morgan fingerprint density at radius 2 is 2.09 bits per heavy atom. The van der Waals surface area contributed by atoms with Gasteiger partial charge in [0.1, 0.15) is 12.4 Å². The molecular formula is C16H18N6O. The van der Waals surface area contributed by atoms with E-state index in [0.717, 1.165) is 24.4 Å². The van der Waals surface area contributed by atoms with Crippen molar-refractivity contribution in [2.24, 2.45) is 0 Å². The van der Waals surface area contributed by atoms with Gasteiger partial charge >= 0.3 is 0 Å². The molecule has 0 radical (unpaired) electrons. The van der Waals surface area contributed by atoms with Gasteiger partial charge in [-0.05, 0) is 6.42 Å². The fourth-order valence-electron chi connectivity index (χ4n) is 2.32. The Labute approximate surface area is 134 Å². The number of nitrogens with zero attached hydrogens (tertiary/aromatic N) is 5. The average Bonchev–Trinajstić information content (AvgIpc) is 3.18. The predicted molar refractivity (Wildman–Crippen MR) is 86.6 cm³/mol. The Balaban J connectivity index is 1.68. The molecule has 3 rings (SSSR count). The molecule has 0 unspecified atom stereocenters. The van der Waals surface area contributed by atoms with Gasteiger partial charge in [0, 0.05) is 24.5 Å². The van der Waals surface area contributed by atoms with Crippen LogP contribution in [-0.4, -0.2) is 30.5 Å². The van der Waals surface area contributed by atoms with E-state index in [2.05, 4.69) is 27.5 Å². The van der Waals surface area contributed by atoms with Gasteiger partial charge < -0.3 is 9.88 Å². The van der Waals surface area contributed by atoms with Crippen LogP contribution in [-0.2, 0) is 17.9 Å². The van der Waals surface area contributed by atoms with Crippen molar-refractivity contribution >= 4 is 11.7 Å². The average molecular weight is 310 g/mol. The Kier molecular flexibility index (Phi) is 4.46. The molecular weight excluding hydrogens is 292 g/mol. The first-order chi connectivity index (χ1) is 11.3. The lowest BCUT2D eigenvalue weighted by molar-refractivity contribution is -0.116. The van der Waals surface area contributed by atoms with Gasteiger partial charge in [-0.2, -0.15) is 0 Å². The van der Waals surface area contributed by atoms with Crippen molar-refractivity contribution in [2.45, 2.75) is 26.4 Å². The fraction of sp³-hybridized carbons (Fsp3) is 0.250. The standard InChI is InChI=1S/C16H18N6O/c1-2-9-22-11-14(19-20-22)18-15(23)12-21-10-8-17-16(21)13-6-4-3-5-7-13/h3-8,10-11H,2,9,12H2,1H3,(H,18,23). The molecule has 0 fully saturated rings. The quantitative estimate of drug-likeness (QED) is 0.757. The first-order valence-electron chi connectivity index (χ1n) is 7.53. The monoisotopic (exact) mass is 310 g/mol. The van der Waals surface area contributed by atoms with Crippen LogP contribution >= 0.6 is 0 Å². The van der Waals surface area contributed by atoms with Crippen molar-refractivity contribution in [1.82, 2.24) is 24.5 Å². The number of amides is 1. The molecule has 0 bridgehead atoms. The van der Waals surface area contributed by atoms with Crippen molar-refractivity contribution in [3.63, 3.8) is 0 Å². The molecule has 0 saturated heterocycles. The van der Waals surface area contributed by atoms with Crippen molar-refractivity contribution in [2.75, 3.05) is 5.32 Å². The van der Waals surface area contributed by atoms with E-state index < -0.39 is 0 Å². The molecule has 0 atom stereocenters. The van der Waals surface area contributed by atoms with E-state index in [1.54, 1.807) is 27.8 Å². The van der Waals surface area contributed by atoms with Crippen molar-refractivity contribution < 1.29 is 4.79 Å². The first-order valence-corrected chi connectivity index (χ1v) is 7.53. The van der Waals surface area contributed by atoms with E-state index in [1.807, 2.05) is 30.3 Å². The zero-order chi connectivity index (χ0) is 16.1. The van der Waals surface area contributed by atoms with Crippen LogP contribution in [0.5, 0.6) is 0 Å². The summed E-state index contributed by atoms with van der Waals surface area (Å²) in [6.45, 7) is 3.01. The van der Waals surface area contributed by atoms with Gasteiger partial charge in [-0.1, -0.05) is 42.5 Å². The van der Waals surface area contributed by atoms with Gasteiger partial charge in [-0.15, -0.1) is 5.10 Å². The molecule has 0 aliphatic heterocycles. The lowest BCUT2D eigenvalue weighted by atomic mass is 10.2. The fourth-order valence-corrected chi connectivity index (χ4v) is 2.32.